The first-order valence-electron chi connectivity index (χ1n) is 8.18. The number of aromatic amines is 1. The standard InChI is InChI=1S/C18H14ClFN2O3S/c19-12-7-9(20)5-6-10(12)18(24)25-8-14-21-16(23)15-11-3-1-2-4-13(11)26-17(15)22-14/h5-7H,1-4,8H2,(H,21,22,23). The molecule has 0 unspecified atom stereocenters. The number of halogens is 2. The second kappa shape index (κ2) is 6.81. The van der Waals surface area contributed by atoms with Gasteiger partial charge in [0.15, 0.2) is 0 Å². The molecule has 3 aromatic rings. The minimum atomic E-state index is -0.705. The van der Waals surface area contributed by atoms with Crippen LogP contribution in [0.15, 0.2) is 23.0 Å². The van der Waals surface area contributed by atoms with Crippen LogP contribution in [0.3, 0.4) is 0 Å². The number of nitrogens with one attached hydrogen (secondary N) is 1. The Morgan fingerprint density at radius 1 is 1.35 bits per heavy atom. The first-order chi connectivity index (χ1) is 12.5. The van der Waals surface area contributed by atoms with E-state index in [1.165, 1.54) is 22.3 Å². The molecule has 0 saturated heterocycles. The van der Waals surface area contributed by atoms with Crippen LogP contribution < -0.4 is 5.56 Å². The fourth-order valence-electron chi connectivity index (χ4n) is 3.14. The lowest BCUT2D eigenvalue weighted by atomic mass is 9.97. The second-order valence-electron chi connectivity index (χ2n) is 6.10. The van der Waals surface area contributed by atoms with Gasteiger partial charge in [0, 0.05) is 4.88 Å². The Kier molecular flexibility index (Phi) is 4.50. The number of fused-ring (bicyclic) bond motifs is 3. The van der Waals surface area contributed by atoms with Gasteiger partial charge in [-0.3, -0.25) is 4.79 Å². The van der Waals surface area contributed by atoms with E-state index in [9.17, 15) is 14.0 Å². The molecule has 1 aromatic carbocycles. The van der Waals surface area contributed by atoms with Crippen molar-refractivity contribution in [2.24, 2.45) is 0 Å². The summed E-state index contributed by atoms with van der Waals surface area (Å²) in [5, 5.41) is 0.624. The molecular formula is C18H14ClFN2O3S. The molecule has 2 heterocycles. The Labute approximate surface area is 156 Å². The Bertz CT molecular complexity index is 1080. The maximum absolute atomic E-state index is 13.1. The molecule has 26 heavy (non-hydrogen) atoms. The molecular weight excluding hydrogens is 379 g/mol. The topological polar surface area (TPSA) is 72.0 Å². The summed E-state index contributed by atoms with van der Waals surface area (Å²) in [7, 11) is 0. The Balaban J connectivity index is 1.58. The fraction of sp³-hybridized carbons (Fsp3) is 0.278. The fourth-order valence-corrected chi connectivity index (χ4v) is 4.67. The van der Waals surface area contributed by atoms with Crippen molar-refractivity contribution < 1.29 is 13.9 Å². The molecule has 0 amide bonds. The van der Waals surface area contributed by atoms with Crippen LogP contribution in [0.1, 0.15) is 39.5 Å². The molecule has 0 bridgehead atoms. The van der Waals surface area contributed by atoms with Crippen LogP contribution in [0.25, 0.3) is 10.2 Å². The SMILES string of the molecule is O=C(OCc1nc2sc3c(c2c(=O)[nH]1)CCCC3)c1ccc(F)cc1Cl. The van der Waals surface area contributed by atoms with Gasteiger partial charge in [0.1, 0.15) is 23.1 Å². The van der Waals surface area contributed by atoms with Crippen LogP contribution in [0, 0.1) is 5.82 Å². The maximum Gasteiger partial charge on any atom is 0.340 e. The number of thiophene rings is 1. The quantitative estimate of drug-likeness (QED) is 0.683. The molecule has 5 nitrogen and oxygen atoms in total. The van der Waals surface area contributed by atoms with Crippen molar-refractivity contribution in [2.75, 3.05) is 0 Å². The van der Waals surface area contributed by atoms with Gasteiger partial charge in [-0.15, -0.1) is 11.3 Å². The molecule has 134 valence electrons. The number of hydrogen-bond acceptors (Lipinski definition) is 5. The van der Waals surface area contributed by atoms with Crippen LogP contribution >= 0.6 is 22.9 Å². The lowest BCUT2D eigenvalue weighted by Crippen LogP contribution is -2.15. The van der Waals surface area contributed by atoms with Crippen LogP contribution in [-0.4, -0.2) is 15.9 Å². The van der Waals surface area contributed by atoms with E-state index in [1.807, 2.05) is 0 Å². The van der Waals surface area contributed by atoms with Crippen LogP contribution in [0.2, 0.25) is 5.02 Å². The van der Waals surface area contributed by atoms with Crippen molar-refractivity contribution in [1.29, 1.82) is 0 Å². The van der Waals surface area contributed by atoms with Crippen LogP contribution in [0.5, 0.6) is 0 Å². The summed E-state index contributed by atoms with van der Waals surface area (Å²) in [5.74, 6) is -0.972. The molecule has 0 aliphatic heterocycles. The summed E-state index contributed by atoms with van der Waals surface area (Å²) in [6.07, 6.45) is 4.08. The van der Waals surface area contributed by atoms with E-state index in [-0.39, 0.29) is 28.6 Å². The number of aromatic nitrogens is 2. The Hall–Kier alpha value is -2.25. The molecule has 4 rings (SSSR count). The van der Waals surface area contributed by atoms with Gasteiger partial charge in [-0.2, -0.15) is 0 Å². The predicted molar refractivity (Wildman–Crippen MR) is 97.4 cm³/mol. The number of nitrogens with zero attached hydrogens (tertiary/aromatic N) is 1. The molecule has 1 aliphatic carbocycles. The van der Waals surface area contributed by atoms with E-state index in [1.54, 1.807) is 0 Å². The number of esters is 1. The van der Waals surface area contributed by atoms with Gasteiger partial charge >= 0.3 is 5.97 Å². The highest BCUT2D eigenvalue weighted by Gasteiger charge is 2.20. The van der Waals surface area contributed by atoms with E-state index >= 15 is 0 Å². The highest BCUT2D eigenvalue weighted by atomic mass is 35.5. The van der Waals surface area contributed by atoms with Gasteiger partial charge in [0.2, 0.25) is 0 Å². The van der Waals surface area contributed by atoms with Gasteiger partial charge in [-0.05, 0) is 49.4 Å². The van der Waals surface area contributed by atoms with Crippen molar-refractivity contribution in [3.8, 4) is 0 Å². The number of carbonyl (C=O) groups is 1. The minimum Gasteiger partial charge on any atom is -0.454 e. The minimum absolute atomic E-state index is 0.0298. The molecule has 0 fully saturated rings. The van der Waals surface area contributed by atoms with Crippen molar-refractivity contribution in [2.45, 2.75) is 32.3 Å². The average Bonchev–Trinajstić information content (AvgIpc) is 2.98. The zero-order chi connectivity index (χ0) is 18.3. The lowest BCUT2D eigenvalue weighted by Gasteiger charge is -2.09. The molecule has 0 spiro atoms. The predicted octanol–water partition coefficient (Wildman–Crippen LogP) is 4.01. The molecule has 1 aliphatic rings. The van der Waals surface area contributed by atoms with Crippen molar-refractivity contribution >= 4 is 39.1 Å². The summed E-state index contributed by atoms with van der Waals surface area (Å²) < 4.78 is 18.2. The molecule has 0 radical (unpaired) electrons. The van der Waals surface area contributed by atoms with Crippen molar-refractivity contribution in [1.82, 2.24) is 9.97 Å². The van der Waals surface area contributed by atoms with E-state index < -0.39 is 11.8 Å². The summed E-state index contributed by atoms with van der Waals surface area (Å²) in [6.45, 7) is -0.194. The maximum atomic E-state index is 13.1. The van der Waals surface area contributed by atoms with E-state index in [0.717, 1.165) is 43.4 Å². The van der Waals surface area contributed by atoms with Gasteiger partial charge in [0.05, 0.1) is 16.0 Å². The van der Waals surface area contributed by atoms with Gasteiger partial charge < -0.3 is 9.72 Å². The normalized spacial score (nSPS) is 13.6. The Morgan fingerprint density at radius 2 is 2.15 bits per heavy atom. The number of carbonyl (C=O) groups excluding carboxylic acids is 1. The summed E-state index contributed by atoms with van der Waals surface area (Å²) in [4.78, 5) is 33.6. The summed E-state index contributed by atoms with van der Waals surface area (Å²) in [6, 6.07) is 3.43. The molecule has 1 N–H and O–H groups in total. The third kappa shape index (κ3) is 3.12. The van der Waals surface area contributed by atoms with Crippen molar-refractivity contribution in [3.63, 3.8) is 0 Å². The van der Waals surface area contributed by atoms with Gasteiger partial charge in [0.25, 0.3) is 5.56 Å². The number of hydrogen-bond donors (Lipinski definition) is 1. The van der Waals surface area contributed by atoms with Crippen LogP contribution in [0.4, 0.5) is 4.39 Å². The zero-order valence-electron chi connectivity index (χ0n) is 13.6. The van der Waals surface area contributed by atoms with E-state index in [2.05, 4.69) is 9.97 Å². The highest BCUT2D eigenvalue weighted by Crippen LogP contribution is 2.33. The molecule has 8 heteroatoms. The first kappa shape index (κ1) is 17.2. The van der Waals surface area contributed by atoms with Gasteiger partial charge in [-0.25, -0.2) is 14.2 Å². The Morgan fingerprint density at radius 3 is 2.96 bits per heavy atom. The summed E-state index contributed by atoms with van der Waals surface area (Å²) >= 11 is 7.38. The average molecular weight is 393 g/mol. The molecule has 2 aromatic heterocycles. The summed E-state index contributed by atoms with van der Waals surface area (Å²) in [5.41, 5.74) is 0.954. The number of ether oxygens (including phenoxy) is 1. The third-order valence-electron chi connectivity index (χ3n) is 4.37. The lowest BCUT2D eigenvalue weighted by molar-refractivity contribution is 0.0462. The molecule has 0 atom stereocenters. The monoisotopic (exact) mass is 392 g/mol. The highest BCUT2D eigenvalue weighted by molar-refractivity contribution is 7.18. The number of H-pyrrole nitrogens is 1. The number of benzene rings is 1. The van der Waals surface area contributed by atoms with E-state index in [4.69, 9.17) is 16.3 Å². The molecule has 0 saturated carbocycles. The first-order valence-corrected chi connectivity index (χ1v) is 9.38. The van der Waals surface area contributed by atoms with E-state index in [0.29, 0.717) is 10.2 Å². The zero-order valence-corrected chi connectivity index (χ0v) is 15.2. The van der Waals surface area contributed by atoms with Crippen LogP contribution in [-0.2, 0) is 24.2 Å². The smallest absolute Gasteiger partial charge is 0.340 e. The van der Waals surface area contributed by atoms with Crippen molar-refractivity contribution in [3.05, 3.63) is 61.2 Å². The number of rotatable bonds is 3. The second-order valence-corrected chi connectivity index (χ2v) is 7.59. The third-order valence-corrected chi connectivity index (χ3v) is 5.86. The largest absolute Gasteiger partial charge is 0.454 e. The van der Waals surface area contributed by atoms with Gasteiger partial charge in [-0.1, -0.05) is 11.6 Å². The number of aryl methyl sites for hydroxylation is 2.